The van der Waals surface area contributed by atoms with Gasteiger partial charge in [0.25, 0.3) is 0 Å². The lowest BCUT2D eigenvalue weighted by atomic mass is 9.89. The first-order valence-electron chi connectivity index (χ1n) is 16.9. The number of hydrogen-bond donors (Lipinski definition) is 0. The van der Waals surface area contributed by atoms with Crippen molar-refractivity contribution in [2.75, 3.05) is 0 Å². The molecule has 0 amide bonds. The fraction of sp³-hybridized carbons (Fsp3) is 0.667. The number of nitrogens with zero attached hydrogens (tertiary/aromatic N) is 4. The zero-order valence-electron chi connectivity index (χ0n) is 32.3. The predicted octanol–water partition coefficient (Wildman–Crippen LogP) is 13.1. The van der Waals surface area contributed by atoms with Crippen molar-refractivity contribution in [2.45, 2.75) is 189 Å². The highest BCUT2D eigenvalue weighted by molar-refractivity contribution is 5.42. The molecule has 0 bridgehead atoms. The summed E-state index contributed by atoms with van der Waals surface area (Å²) in [7, 11) is 0. The molecule has 0 saturated carbocycles. The normalized spacial score (nSPS) is 11.0. The van der Waals surface area contributed by atoms with E-state index in [9.17, 15) is 0 Å². The van der Waals surface area contributed by atoms with E-state index in [1.807, 2.05) is 6.92 Å². The molecule has 0 atom stereocenters. The minimum atomic E-state index is 0. The van der Waals surface area contributed by atoms with E-state index in [2.05, 4.69) is 142 Å². The fourth-order valence-corrected chi connectivity index (χ4v) is 6.58. The molecule has 0 spiro atoms. The highest BCUT2D eigenvalue weighted by atomic mass is 14.9. The van der Waals surface area contributed by atoms with Crippen LogP contribution < -0.4 is 0 Å². The molecule has 0 unspecified atom stereocenters. The van der Waals surface area contributed by atoms with Gasteiger partial charge in [0.1, 0.15) is 5.82 Å². The Labute approximate surface area is 287 Å². The molecule has 0 aliphatic rings. The second kappa shape index (κ2) is 19.3. The first-order chi connectivity index (χ1) is 20.1. The molecule has 0 N–H and O–H groups in total. The van der Waals surface area contributed by atoms with Crippen LogP contribution in [0, 0.1) is 55.4 Å². The van der Waals surface area contributed by atoms with E-state index in [0.717, 1.165) is 5.82 Å². The maximum Gasteiger partial charge on any atom is 0.125 e. The maximum atomic E-state index is 4.71. The summed E-state index contributed by atoms with van der Waals surface area (Å²) >= 11 is 0. The van der Waals surface area contributed by atoms with Gasteiger partial charge in [0.05, 0.1) is 0 Å². The SMILES string of the molecule is C.C.Cc1nc(C(C)C)c(C)c(C(C)C)c1C.Cc1nc(C(C)C)c(C)c(C(C)C)c1C.Cc1nc(C(C)C)c(C)c(C(C)C)n1. The second-order valence-corrected chi connectivity index (χ2v) is 14.6. The van der Waals surface area contributed by atoms with E-state index < -0.39 is 0 Å². The van der Waals surface area contributed by atoms with Gasteiger partial charge in [-0.3, -0.25) is 9.97 Å². The molecule has 0 fully saturated rings. The van der Waals surface area contributed by atoms with Crippen molar-refractivity contribution in [2.24, 2.45) is 0 Å². The largest absolute Gasteiger partial charge is 0.257 e. The van der Waals surface area contributed by atoms with Gasteiger partial charge in [0, 0.05) is 34.2 Å². The highest BCUT2D eigenvalue weighted by Crippen LogP contribution is 2.31. The Morgan fingerprint density at radius 1 is 0.304 bits per heavy atom. The fourth-order valence-electron chi connectivity index (χ4n) is 6.58. The lowest BCUT2D eigenvalue weighted by Gasteiger charge is -2.20. The lowest BCUT2D eigenvalue weighted by Crippen LogP contribution is -2.07. The standard InChI is InChI=1S/2C14H23N.C12H20N2.2CH4/c2*1-8(2)13-10(5)12(7)15-14(9(3)4)11(13)6;1-7(2)11-9(5)12(8(3)4)14-10(6)13-11;;/h2*8-9H,1-7H3;7-8H,1-6H3;2*1H4. The van der Waals surface area contributed by atoms with Gasteiger partial charge in [0.15, 0.2) is 0 Å². The maximum absolute atomic E-state index is 4.71. The van der Waals surface area contributed by atoms with Crippen LogP contribution >= 0.6 is 0 Å². The van der Waals surface area contributed by atoms with E-state index in [1.54, 1.807) is 0 Å². The molecular formula is C42H74N4. The molecule has 0 aliphatic carbocycles. The Morgan fingerprint density at radius 3 is 0.761 bits per heavy atom. The summed E-state index contributed by atoms with van der Waals surface area (Å²) < 4.78 is 0. The predicted molar refractivity (Wildman–Crippen MR) is 206 cm³/mol. The molecule has 0 saturated heterocycles. The summed E-state index contributed by atoms with van der Waals surface area (Å²) in [6.45, 7) is 43.8. The number of aromatic nitrogens is 4. The summed E-state index contributed by atoms with van der Waals surface area (Å²) in [5.41, 5.74) is 17.1. The van der Waals surface area contributed by atoms with E-state index in [4.69, 9.17) is 9.97 Å². The summed E-state index contributed by atoms with van der Waals surface area (Å²) in [6.07, 6.45) is 0. The van der Waals surface area contributed by atoms with Crippen molar-refractivity contribution in [3.8, 4) is 0 Å². The summed E-state index contributed by atoms with van der Waals surface area (Å²) in [6, 6.07) is 0. The summed E-state index contributed by atoms with van der Waals surface area (Å²) in [5.74, 6) is 4.06. The Kier molecular flexibility index (Phi) is 19.1. The van der Waals surface area contributed by atoms with Crippen molar-refractivity contribution in [1.82, 2.24) is 19.9 Å². The topological polar surface area (TPSA) is 51.6 Å². The zero-order valence-corrected chi connectivity index (χ0v) is 32.3. The van der Waals surface area contributed by atoms with Crippen molar-refractivity contribution in [3.05, 3.63) is 78.9 Å². The van der Waals surface area contributed by atoms with Crippen LogP contribution in [0.1, 0.15) is 212 Å². The number of pyridine rings is 2. The number of aryl methyl sites for hydroxylation is 3. The van der Waals surface area contributed by atoms with Crippen LogP contribution in [0.25, 0.3) is 0 Å². The van der Waals surface area contributed by atoms with Crippen LogP contribution in [-0.2, 0) is 0 Å². The van der Waals surface area contributed by atoms with Crippen LogP contribution in [0.2, 0.25) is 0 Å². The molecule has 3 rings (SSSR count). The van der Waals surface area contributed by atoms with Gasteiger partial charge < -0.3 is 0 Å². The molecule has 3 aromatic rings. The van der Waals surface area contributed by atoms with Gasteiger partial charge in [-0.25, -0.2) is 9.97 Å². The van der Waals surface area contributed by atoms with Crippen molar-refractivity contribution in [3.63, 3.8) is 0 Å². The average molecular weight is 635 g/mol. The third-order valence-corrected chi connectivity index (χ3v) is 8.72. The van der Waals surface area contributed by atoms with Gasteiger partial charge in [-0.15, -0.1) is 0 Å². The van der Waals surface area contributed by atoms with Crippen LogP contribution in [0.5, 0.6) is 0 Å². The van der Waals surface area contributed by atoms with Crippen molar-refractivity contribution >= 4 is 0 Å². The number of rotatable bonds is 6. The molecular weight excluding hydrogens is 560 g/mol. The molecule has 262 valence electrons. The van der Waals surface area contributed by atoms with Gasteiger partial charge in [-0.2, -0.15) is 0 Å². The van der Waals surface area contributed by atoms with Crippen LogP contribution in [0.3, 0.4) is 0 Å². The molecule has 0 aliphatic heterocycles. The smallest absolute Gasteiger partial charge is 0.125 e. The van der Waals surface area contributed by atoms with Crippen molar-refractivity contribution in [1.29, 1.82) is 0 Å². The van der Waals surface area contributed by atoms with Crippen LogP contribution in [0.15, 0.2) is 0 Å². The Balaban J connectivity index is 0. The molecule has 46 heavy (non-hydrogen) atoms. The Bertz CT molecular complexity index is 1290. The third kappa shape index (κ3) is 11.3. The van der Waals surface area contributed by atoms with E-state index in [-0.39, 0.29) is 14.9 Å². The van der Waals surface area contributed by atoms with Gasteiger partial charge in [0.2, 0.25) is 0 Å². The monoisotopic (exact) mass is 635 g/mol. The van der Waals surface area contributed by atoms with Crippen molar-refractivity contribution < 1.29 is 0 Å². The first kappa shape index (κ1) is 45.5. The zero-order chi connectivity index (χ0) is 34.4. The van der Waals surface area contributed by atoms with Crippen LogP contribution in [0.4, 0.5) is 0 Å². The van der Waals surface area contributed by atoms with Gasteiger partial charge >= 0.3 is 0 Å². The van der Waals surface area contributed by atoms with Gasteiger partial charge in [-0.1, -0.05) is 97.9 Å². The minimum Gasteiger partial charge on any atom is -0.257 e. The van der Waals surface area contributed by atoms with Gasteiger partial charge in [-0.05, 0) is 130 Å². The summed E-state index contributed by atoms with van der Waals surface area (Å²) in [4.78, 5) is 18.4. The highest BCUT2D eigenvalue weighted by Gasteiger charge is 2.18. The minimum absolute atomic E-state index is 0. The van der Waals surface area contributed by atoms with E-state index in [0.29, 0.717) is 35.5 Å². The molecule has 0 radical (unpaired) electrons. The third-order valence-electron chi connectivity index (χ3n) is 8.72. The molecule has 3 heterocycles. The Morgan fingerprint density at radius 2 is 0.543 bits per heavy atom. The van der Waals surface area contributed by atoms with Crippen LogP contribution in [-0.4, -0.2) is 19.9 Å². The molecule has 3 aromatic heterocycles. The average Bonchev–Trinajstić information content (AvgIpc) is 2.89. The second-order valence-electron chi connectivity index (χ2n) is 14.6. The quantitative estimate of drug-likeness (QED) is 0.271. The first-order valence-corrected chi connectivity index (χ1v) is 16.9. The number of hydrogen-bond acceptors (Lipinski definition) is 4. The summed E-state index contributed by atoms with van der Waals surface area (Å²) in [5, 5.41) is 0. The molecule has 4 heteroatoms. The van der Waals surface area contributed by atoms with E-state index >= 15 is 0 Å². The Hall–Kier alpha value is -2.62. The molecule has 0 aromatic carbocycles. The lowest BCUT2D eigenvalue weighted by molar-refractivity contribution is 0.735. The van der Waals surface area contributed by atoms with E-state index in [1.165, 1.54) is 73.1 Å². The molecule has 4 nitrogen and oxygen atoms in total.